The third kappa shape index (κ3) is 2.96. The molecule has 1 rings (SSSR count). The molecule has 0 saturated carbocycles. The Bertz CT molecular complexity index is 326. The highest BCUT2D eigenvalue weighted by Gasteiger charge is 2.04. The molecule has 0 aromatic heterocycles. The van der Waals surface area contributed by atoms with Gasteiger partial charge in [0.25, 0.3) is 0 Å². The zero-order valence-electron chi connectivity index (χ0n) is 7.12. The maximum atomic E-state index is 12.8. The molecular weight excluding hydrogens is 187 g/mol. The van der Waals surface area contributed by atoms with Gasteiger partial charge in [-0.2, -0.15) is 5.26 Å². The van der Waals surface area contributed by atoms with Crippen LogP contribution < -0.4 is 5.73 Å². The number of hydrogen-bond acceptors (Lipinski definition) is 3. The Kier molecular flexibility index (Phi) is 3.15. The van der Waals surface area contributed by atoms with E-state index in [0.29, 0.717) is 10.6 Å². The van der Waals surface area contributed by atoms with Crippen LogP contribution in [0.15, 0.2) is 23.1 Å². The smallest absolute Gasteiger partial charge is 0.126 e. The van der Waals surface area contributed by atoms with Gasteiger partial charge in [-0.3, -0.25) is 0 Å². The van der Waals surface area contributed by atoms with E-state index < -0.39 is 0 Å². The van der Waals surface area contributed by atoms with Crippen LogP contribution in [0, 0.1) is 17.1 Å². The molecule has 0 saturated heterocycles. The summed E-state index contributed by atoms with van der Waals surface area (Å²) >= 11 is 1.29. The molecule has 0 fully saturated rings. The van der Waals surface area contributed by atoms with Crippen LogP contribution in [0.2, 0.25) is 0 Å². The zero-order chi connectivity index (χ0) is 9.84. The fraction of sp³-hybridized carbons (Fsp3) is 0.222. The lowest BCUT2D eigenvalue weighted by Crippen LogP contribution is -1.92. The molecule has 1 aromatic carbocycles. The summed E-state index contributed by atoms with van der Waals surface area (Å²) in [6.45, 7) is 1.76. The zero-order valence-corrected chi connectivity index (χ0v) is 7.94. The number of thioether (sulfide) groups is 1. The first-order chi connectivity index (χ1) is 6.11. The lowest BCUT2D eigenvalue weighted by molar-refractivity contribution is 0.625. The molecule has 0 amide bonds. The van der Waals surface area contributed by atoms with E-state index in [2.05, 4.69) is 6.07 Å². The van der Waals surface area contributed by atoms with Crippen LogP contribution in [-0.4, -0.2) is 5.25 Å². The SMILES string of the molecule is CC(C#N)Sc1cc(N)cc(F)c1. The van der Waals surface area contributed by atoms with Gasteiger partial charge in [-0.15, -0.1) is 11.8 Å². The summed E-state index contributed by atoms with van der Waals surface area (Å²) in [6, 6.07) is 6.33. The molecule has 68 valence electrons. The first-order valence-corrected chi connectivity index (χ1v) is 4.62. The van der Waals surface area contributed by atoms with E-state index in [0.717, 1.165) is 0 Å². The summed E-state index contributed by atoms with van der Waals surface area (Å²) in [5, 5.41) is 8.35. The second-order valence-electron chi connectivity index (χ2n) is 2.61. The molecule has 0 radical (unpaired) electrons. The number of hydrogen-bond donors (Lipinski definition) is 1. The van der Waals surface area contributed by atoms with Crippen molar-refractivity contribution in [3.05, 3.63) is 24.0 Å². The van der Waals surface area contributed by atoms with Crippen molar-refractivity contribution in [2.45, 2.75) is 17.1 Å². The number of nitrogens with zero attached hydrogens (tertiary/aromatic N) is 1. The van der Waals surface area contributed by atoms with Crippen LogP contribution in [0.5, 0.6) is 0 Å². The molecule has 0 aliphatic carbocycles. The average Bonchev–Trinajstić information content (AvgIpc) is 2.02. The minimum Gasteiger partial charge on any atom is -0.399 e. The molecule has 0 heterocycles. The molecule has 2 nitrogen and oxygen atoms in total. The van der Waals surface area contributed by atoms with Crippen LogP contribution in [0.1, 0.15) is 6.92 Å². The third-order valence-electron chi connectivity index (χ3n) is 1.39. The highest BCUT2D eigenvalue weighted by molar-refractivity contribution is 8.00. The normalized spacial score (nSPS) is 12.1. The first-order valence-electron chi connectivity index (χ1n) is 3.74. The van der Waals surface area contributed by atoms with Gasteiger partial charge < -0.3 is 5.73 Å². The molecule has 1 unspecified atom stereocenters. The largest absolute Gasteiger partial charge is 0.399 e. The Morgan fingerprint density at radius 2 is 2.23 bits per heavy atom. The predicted octanol–water partition coefficient (Wildman–Crippen LogP) is 2.41. The first kappa shape index (κ1) is 9.87. The van der Waals surface area contributed by atoms with Crippen molar-refractivity contribution in [3.63, 3.8) is 0 Å². The van der Waals surface area contributed by atoms with E-state index in [9.17, 15) is 4.39 Å². The van der Waals surface area contributed by atoms with Gasteiger partial charge in [0.15, 0.2) is 0 Å². The van der Waals surface area contributed by atoms with Gasteiger partial charge in [0.1, 0.15) is 5.82 Å². The molecule has 4 heteroatoms. The van der Waals surface area contributed by atoms with Crippen molar-refractivity contribution in [1.29, 1.82) is 5.26 Å². The highest BCUT2D eigenvalue weighted by atomic mass is 32.2. The molecule has 2 N–H and O–H groups in total. The van der Waals surface area contributed by atoms with Crippen molar-refractivity contribution >= 4 is 17.4 Å². The summed E-state index contributed by atoms with van der Waals surface area (Å²) in [5.74, 6) is -0.368. The van der Waals surface area contributed by atoms with Gasteiger partial charge in [0.2, 0.25) is 0 Å². The number of nitrogen functional groups attached to an aromatic ring is 1. The molecule has 1 aromatic rings. The molecule has 0 aliphatic heterocycles. The Morgan fingerprint density at radius 3 is 2.77 bits per heavy atom. The Hall–Kier alpha value is -1.21. The molecule has 0 bridgehead atoms. The molecule has 0 aliphatic rings. The van der Waals surface area contributed by atoms with Crippen molar-refractivity contribution in [2.24, 2.45) is 0 Å². The Labute approximate surface area is 80.5 Å². The van der Waals surface area contributed by atoms with Crippen LogP contribution in [0.3, 0.4) is 0 Å². The molecule has 13 heavy (non-hydrogen) atoms. The van der Waals surface area contributed by atoms with Gasteiger partial charge in [0.05, 0.1) is 11.3 Å². The summed E-state index contributed by atoms with van der Waals surface area (Å²) in [4.78, 5) is 0.687. The van der Waals surface area contributed by atoms with Gasteiger partial charge >= 0.3 is 0 Å². The second kappa shape index (κ2) is 4.15. The summed E-state index contributed by atoms with van der Waals surface area (Å²) in [7, 11) is 0. The third-order valence-corrected chi connectivity index (χ3v) is 2.36. The lowest BCUT2D eigenvalue weighted by atomic mass is 10.3. The molecule has 1 atom stereocenters. The van der Waals surface area contributed by atoms with E-state index >= 15 is 0 Å². The van der Waals surface area contributed by atoms with Gasteiger partial charge in [0, 0.05) is 10.6 Å². The highest BCUT2D eigenvalue weighted by Crippen LogP contribution is 2.25. The topological polar surface area (TPSA) is 49.8 Å². The van der Waals surface area contributed by atoms with Crippen molar-refractivity contribution < 1.29 is 4.39 Å². The number of anilines is 1. The van der Waals surface area contributed by atoms with Gasteiger partial charge in [-0.05, 0) is 25.1 Å². The molecular formula is C9H9FN2S. The number of rotatable bonds is 2. The van der Waals surface area contributed by atoms with Gasteiger partial charge in [-0.1, -0.05) is 0 Å². The standard InChI is InChI=1S/C9H9FN2S/c1-6(5-11)13-9-3-7(10)2-8(12)4-9/h2-4,6H,12H2,1H3. The summed E-state index contributed by atoms with van der Waals surface area (Å²) in [6.07, 6.45) is 0. The van der Waals surface area contributed by atoms with E-state index in [4.69, 9.17) is 11.0 Å². The minimum absolute atomic E-state index is 0.193. The van der Waals surface area contributed by atoms with Crippen molar-refractivity contribution in [3.8, 4) is 6.07 Å². The Balaban J connectivity index is 2.84. The average molecular weight is 196 g/mol. The van der Waals surface area contributed by atoms with E-state index in [1.165, 1.54) is 23.9 Å². The van der Waals surface area contributed by atoms with Crippen LogP contribution in [0.4, 0.5) is 10.1 Å². The van der Waals surface area contributed by atoms with Crippen LogP contribution >= 0.6 is 11.8 Å². The number of benzene rings is 1. The van der Waals surface area contributed by atoms with E-state index in [1.54, 1.807) is 13.0 Å². The van der Waals surface area contributed by atoms with Crippen molar-refractivity contribution in [2.75, 3.05) is 5.73 Å². The minimum atomic E-state index is -0.368. The quantitative estimate of drug-likeness (QED) is 0.583. The predicted molar refractivity (Wildman–Crippen MR) is 51.7 cm³/mol. The Morgan fingerprint density at radius 1 is 1.54 bits per heavy atom. The molecule has 0 spiro atoms. The van der Waals surface area contributed by atoms with Crippen LogP contribution in [-0.2, 0) is 0 Å². The maximum Gasteiger partial charge on any atom is 0.126 e. The summed E-state index contributed by atoms with van der Waals surface area (Å²) < 4.78 is 12.8. The van der Waals surface area contributed by atoms with Gasteiger partial charge in [-0.25, -0.2) is 4.39 Å². The van der Waals surface area contributed by atoms with Crippen molar-refractivity contribution in [1.82, 2.24) is 0 Å². The maximum absolute atomic E-state index is 12.8. The second-order valence-corrected chi connectivity index (χ2v) is 4.02. The summed E-state index contributed by atoms with van der Waals surface area (Å²) in [5.41, 5.74) is 5.82. The number of nitrogens with two attached hydrogens (primary N) is 1. The van der Waals surface area contributed by atoms with Crippen LogP contribution in [0.25, 0.3) is 0 Å². The number of halogens is 1. The fourth-order valence-corrected chi connectivity index (χ4v) is 1.73. The monoisotopic (exact) mass is 196 g/mol. The fourth-order valence-electron chi connectivity index (χ4n) is 0.883. The lowest BCUT2D eigenvalue weighted by Gasteiger charge is -2.03. The van der Waals surface area contributed by atoms with E-state index in [1.807, 2.05) is 0 Å². The van der Waals surface area contributed by atoms with E-state index in [-0.39, 0.29) is 11.1 Å². The number of nitriles is 1.